The molecular formula is C11H16N2O3. The Morgan fingerprint density at radius 3 is 3.00 bits per heavy atom. The summed E-state index contributed by atoms with van der Waals surface area (Å²) in [7, 11) is 0. The van der Waals surface area contributed by atoms with Crippen LogP contribution in [0.25, 0.3) is 0 Å². The van der Waals surface area contributed by atoms with Gasteiger partial charge in [0.05, 0.1) is 12.3 Å². The molecule has 0 aliphatic carbocycles. The molecule has 1 rings (SSSR count). The van der Waals surface area contributed by atoms with Crippen molar-refractivity contribution in [3.05, 3.63) is 23.8 Å². The lowest BCUT2D eigenvalue weighted by molar-refractivity contribution is -0.120. The molecule has 0 aromatic heterocycles. The number of carbonyl (C=O) groups excluding carboxylic acids is 1. The second kappa shape index (κ2) is 6.09. The molecule has 1 aromatic rings. The highest BCUT2D eigenvalue weighted by Gasteiger charge is 2.06. The number of anilines is 1. The van der Waals surface area contributed by atoms with Crippen molar-refractivity contribution in [2.75, 3.05) is 25.1 Å². The maximum Gasteiger partial charge on any atom is 0.250 e. The van der Waals surface area contributed by atoms with Crippen molar-refractivity contribution in [3.63, 3.8) is 0 Å². The molecule has 0 fully saturated rings. The highest BCUT2D eigenvalue weighted by Crippen LogP contribution is 2.23. The van der Waals surface area contributed by atoms with Crippen LogP contribution in [0, 0.1) is 6.92 Å². The first-order valence-electron chi connectivity index (χ1n) is 5.00. The van der Waals surface area contributed by atoms with Crippen LogP contribution in [0.15, 0.2) is 18.2 Å². The lowest BCUT2D eigenvalue weighted by Crippen LogP contribution is -2.20. The summed E-state index contributed by atoms with van der Waals surface area (Å²) in [6.07, 6.45) is 0. The van der Waals surface area contributed by atoms with Gasteiger partial charge in [-0.05, 0) is 24.6 Å². The average Bonchev–Trinajstić information content (AvgIpc) is 2.24. The molecule has 88 valence electrons. The van der Waals surface area contributed by atoms with E-state index in [-0.39, 0.29) is 18.3 Å². The number of nitrogens with one attached hydrogen (secondary N) is 1. The number of phenolic OH excluding ortho intramolecular Hbond substituents is 1. The third-order valence-electron chi connectivity index (χ3n) is 1.92. The summed E-state index contributed by atoms with van der Waals surface area (Å²) in [6, 6.07) is 4.98. The molecule has 16 heavy (non-hydrogen) atoms. The molecule has 4 N–H and O–H groups in total. The van der Waals surface area contributed by atoms with Gasteiger partial charge < -0.3 is 20.9 Å². The van der Waals surface area contributed by atoms with Gasteiger partial charge in [-0.15, -0.1) is 0 Å². The minimum Gasteiger partial charge on any atom is -0.506 e. The molecule has 0 heterocycles. The number of aromatic hydroxyl groups is 1. The van der Waals surface area contributed by atoms with Crippen molar-refractivity contribution in [1.82, 2.24) is 0 Å². The molecule has 1 amide bonds. The van der Waals surface area contributed by atoms with E-state index >= 15 is 0 Å². The van der Waals surface area contributed by atoms with E-state index in [4.69, 9.17) is 10.5 Å². The Hall–Kier alpha value is -1.59. The van der Waals surface area contributed by atoms with Gasteiger partial charge in [-0.1, -0.05) is 6.07 Å². The quantitative estimate of drug-likeness (QED) is 0.505. The molecule has 0 aliphatic heterocycles. The van der Waals surface area contributed by atoms with Crippen molar-refractivity contribution in [2.45, 2.75) is 6.92 Å². The minimum absolute atomic E-state index is 0.0396. The summed E-state index contributed by atoms with van der Waals surface area (Å²) >= 11 is 0. The first kappa shape index (κ1) is 12.5. The van der Waals surface area contributed by atoms with E-state index in [1.165, 1.54) is 6.07 Å². The molecule has 0 unspecified atom stereocenters. The van der Waals surface area contributed by atoms with Gasteiger partial charge >= 0.3 is 0 Å². The molecule has 5 nitrogen and oxygen atoms in total. The summed E-state index contributed by atoms with van der Waals surface area (Å²) < 4.78 is 4.97. The van der Waals surface area contributed by atoms with Crippen LogP contribution in [0.5, 0.6) is 5.75 Å². The fourth-order valence-electron chi connectivity index (χ4n) is 1.18. The number of carbonyl (C=O) groups is 1. The molecule has 0 saturated heterocycles. The zero-order chi connectivity index (χ0) is 12.0. The van der Waals surface area contributed by atoms with Crippen LogP contribution >= 0.6 is 0 Å². The number of nitrogens with two attached hydrogens (primary N) is 1. The molecule has 0 aliphatic rings. The molecule has 5 heteroatoms. The van der Waals surface area contributed by atoms with Crippen LogP contribution in [0.2, 0.25) is 0 Å². The molecular weight excluding hydrogens is 208 g/mol. The molecule has 0 atom stereocenters. The summed E-state index contributed by atoms with van der Waals surface area (Å²) in [6.45, 7) is 2.53. The summed E-state index contributed by atoms with van der Waals surface area (Å²) in [5, 5.41) is 12.0. The van der Waals surface area contributed by atoms with Crippen molar-refractivity contribution in [1.29, 1.82) is 0 Å². The van der Waals surface area contributed by atoms with Gasteiger partial charge in [0.2, 0.25) is 5.91 Å². The van der Waals surface area contributed by atoms with E-state index in [2.05, 4.69) is 5.32 Å². The van der Waals surface area contributed by atoms with Gasteiger partial charge in [-0.2, -0.15) is 0 Å². The van der Waals surface area contributed by atoms with E-state index < -0.39 is 0 Å². The Kier molecular flexibility index (Phi) is 4.75. The van der Waals surface area contributed by atoms with Crippen LogP contribution in [0.4, 0.5) is 5.69 Å². The van der Waals surface area contributed by atoms with E-state index in [1.807, 2.05) is 6.92 Å². The molecule has 0 radical (unpaired) electrons. The van der Waals surface area contributed by atoms with Crippen molar-refractivity contribution >= 4 is 11.6 Å². The van der Waals surface area contributed by atoms with Gasteiger partial charge in [0.15, 0.2) is 0 Å². The summed E-state index contributed by atoms with van der Waals surface area (Å²) in [5.41, 5.74) is 6.56. The first-order valence-corrected chi connectivity index (χ1v) is 5.00. The van der Waals surface area contributed by atoms with Crippen molar-refractivity contribution in [2.24, 2.45) is 5.73 Å². The van der Waals surface area contributed by atoms with E-state index in [0.717, 1.165) is 5.56 Å². The minimum atomic E-state index is -0.311. The topological polar surface area (TPSA) is 84.6 Å². The van der Waals surface area contributed by atoms with Crippen LogP contribution in [0.3, 0.4) is 0 Å². The van der Waals surface area contributed by atoms with Crippen LogP contribution in [-0.4, -0.2) is 30.8 Å². The Balaban J connectivity index is 2.52. The number of amides is 1. The number of benzene rings is 1. The number of rotatable bonds is 5. The number of hydrogen-bond acceptors (Lipinski definition) is 4. The zero-order valence-electron chi connectivity index (χ0n) is 9.19. The maximum absolute atomic E-state index is 11.4. The molecule has 0 spiro atoms. The second-order valence-corrected chi connectivity index (χ2v) is 3.41. The Labute approximate surface area is 94.2 Å². The normalized spacial score (nSPS) is 10.1. The van der Waals surface area contributed by atoms with Gasteiger partial charge in [0, 0.05) is 6.54 Å². The molecule has 1 aromatic carbocycles. The van der Waals surface area contributed by atoms with Gasteiger partial charge in [0.25, 0.3) is 0 Å². The fraction of sp³-hybridized carbons (Fsp3) is 0.364. The predicted octanol–water partition coefficient (Wildman–Crippen LogP) is 0.614. The largest absolute Gasteiger partial charge is 0.506 e. The third kappa shape index (κ3) is 3.88. The monoisotopic (exact) mass is 224 g/mol. The SMILES string of the molecule is Cc1ccc(O)c(NC(=O)COCCN)c1. The highest BCUT2D eigenvalue weighted by molar-refractivity contribution is 5.93. The van der Waals surface area contributed by atoms with Crippen molar-refractivity contribution < 1.29 is 14.6 Å². The van der Waals surface area contributed by atoms with Crippen LogP contribution < -0.4 is 11.1 Å². The zero-order valence-corrected chi connectivity index (χ0v) is 9.19. The molecule has 0 saturated carbocycles. The van der Waals surface area contributed by atoms with E-state index in [0.29, 0.717) is 18.8 Å². The number of ether oxygens (including phenoxy) is 1. The second-order valence-electron chi connectivity index (χ2n) is 3.41. The van der Waals surface area contributed by atoms with E-state index in [1.54, 1.807) is 12.1 Å². The standard InChI is InChI=1S/C11H16N2O3/c1-8-2-3-10(14)9(6-8)13-11(15)7-16-5-4-12/h2-3,6,14H,4-5,7,12H2,1H3,(H,13,15). The first-order chi connectivity index (χ1) is 7.63. The average molecular weight is 224 g/mol. The Bertz CT molecular complexity index is 366. The van der Waals surface area contributed by atoms with Gasteiger partial charge in [0.1, 0.15) is 12.4 Å². The fourth-order valence-corrected chi connectivity index (χ4v) is 1.18. The number of aryl methyl sites for hydroxylation is 1. The van der Waals surface area contributed by atoms with Crippen molar-refractivity contribution in [3.8, 4) is 5.75 Å². The lowest BCUT2D eigenvalue weighted by Gasteiger charge is -2.08. The maximum atomic E-state index is 11.4. The summed E-state index contributed by atoms with van der Waals surface area (Å²) in [5.74, 6) is -0.271. The highest BCUT2D eigenvalue weighted by atomic mass is 16.5. The summed E-state index contributed by atoms with van der Waals surface area (Å²) in [4.78, 5) is 11.4. The predicted molar refractivity (Wildman–Crippen MR) is 61.3 cm³/mol. The van der Waals surface area contributed by atoms with Crippen LogP contribution in [-0.2, 0) is 9.53 Å². The van der Waals surface area contributed by atoms with Gasteiger partial charge in [-0.25, -0.2) is 0 Å². The van der Waals surface area contributed by atoms with E-state index in [9.17, 15) is 9.90 Å². The number of phenols is 1. The number of hydrogen-bond donors (Lipinski definition) is 3. The Morgan fingerprint density at radius 1 is 1.56 bits per heavy atom. The van der Waals surface area contributed by atoms with Crippen LogP contribution in [0.1, 0.15) is 5.56 Å². The Morgan fingerprint density at radius 2 is 2.31 bits per heavy atom. The van der Waals surface area contributed by atoms with Gasteiger partial charge in [-0.3, -0.25) is 4.79 Å². The third-order valence-corrected chi connectivity index (χ3v) is 1.92. The lowest BCUT2D eigenvalue weighted by atomic mass is 10.2. The smallest absolute Gasteiger partial charge is 0.250 e. The molecule has 0 bridgehead atoms.